The summed E-state index contributed by atoms with van der Waals surface area (Å²) in [6, 6.07) is 0. The molecule has 0 nitrogen and oxygen atoms in total. The second-order valence-electron chi connectivity index (χ2n) is 2.91. The SMILES string of the molecule is CC(CCl)CCCCC=CCl. The van der Waals surface area contributed by atoms with Crippen LogP contribution in [0.15, 0.2) is 11.6 Å². The van der Waals surface area contributed by atoms with Crippen LogP contribution >= 0.6 is 23.2 Å². The Kier molecular flexibility index (Phi) is 8.66. The highest BCUT2D eigenvalue weighted by Gasteiger charge is 1.97. The molecule has 0 aromatic heterocycles. The molecular formula is C9H16Cl2. The minimum atomic E-state index is 0.664. The molecule has 0 saturated heterocycles. The average molecular weight is 195 g/mol. The summed E-state index contributed by atoms with van der Waals surface area (Å²) in [6.45, 7) is 2.18. The highest BCUT2D eigenvalue weighted by Crippen LogP contribution is 2.10. The maximum Gasteiger partial charge on any atom is 0.0249 e. The van der Waals surface area contributed by atoms with E-state index in [2.05, 4.69) is 6.92 Å². The molecule has 1 unspecified atom stereocenters. The Balaban J connectivity index is 3.01. The fourth-order valence-electron chi connectivity index (χ4n) is 0.895. The molecule has 11 heavy (non-hydrogen) atoms. The second-order valence-corrected chi connectivity index (χ2v) is 3.47. The Bertz CT molecular complexity index is 99.7. The van der Waals surface area contributed by atoms with Gasteiger partial charge in [-0.05, 0) is 25.2 Å². The maximum absolute atomic E-state index is 5.66. The van der Waals surface area contributed by atoms with Crippen LogP contribution in [0.1, 0.15) is 32.6 Å². The summed E-state index contributed by atoms with van der Waals surface area (Å²) >= 11 is 11.0. The molecule has 0 amide bonds. The van der Waals surface area contributed by atoms with Gasteiger partial charge in [0.1, 0.15) is 0 Å². The molecule has 0 radical (unpaired) electrons. The van der Waals surface area contributed by atoms with Crippen LogP contribution in [0, 0.1) is 5.92 Å². The van der Waals surface area contributed by atoms with Crippen molar-refractivity contribution < 1.29 is 0 Å². The lowest BCUT2D eigenvalue weighted by atomic mass is 10.1. The quantitative estimate of drug-likeness (QED) is 0.440. The van der Waals surface area contributed by atoms with Crippen molar-refractivity contribution in [1.29, 1.82) is 0 Å². The van der Waals surface area contributed by atoms with Crippen LogP contribution in [0.3, 0.4) is 0 Å². The molecule has 0 bridgehead atoms. The number of halogens is 2. The van der Waals surface area contributed by atoms with Crippen LogP contribution < -0.4 is 0 Å². The summed E-state index contributed by atoms with van der Waals surface area (Å²) in [5.74, 6) is 1.45. The molecule has 0 rings (SSSR count). The first-order chi connectivity index (χ1) is 5.31. The first-order valence-corrected chi connectivity index (χ1v) is 5.09. The van der Waals surface area contributed by atoms with Crippen molar-refractivity contribution >= 4 is 23.2 Å². The van der Waals surface area contributed by atoms with E-state index in [1.165, 1.54) is 19.3 Å². The van der Waals surface area contributed by atoms with Gasteiger partial charge < -0.3 is 0 Å². The van der Waals surface area contributed by atoms with Gasteiger partial charge in [-0.2, -0.15) is 0 Å². The molecule has 0 aromatic carbocycles. The van der Waals surface area contributed by atoms with Crippen molar-refractivity contribution in [3.05, 3.63) is 11.6 Å². The first-order valence-electron chi connectivity index (χ1n) is 4.12. The fourth-order valence-corrected chi connectivity index (χ4v) is 1.18. The largest absolute Gasteiger partial charge is 0.126 e. The predicted molar refractivity (Wildman–Crippen MR) is 53.3 cm³/mol. The Morgan fingerprint density at radius 1 is 1.36 bits per heavy atom. The molecule has 0 aliphatic carbocycles. The number of unbranched alkanes of at least 4 members (excludes halogenated alkanes) is 2. The zero-order valence-electron chi connectivity index (χ0n) is 7.02. The van der Waals surface area contributed by atoms with Gasteiger partial charge in [-0.25, -0.2) is 0 Å². The van der Waals surface area contributed by atoms with Gasteiger partial charge in [-0.1, -0.05) is 31.0 Å². The van der Waals surface area contributed by atoms with Gasteiger partial charge in [0.25, 0.3) is 0 Å². The Hall–Kier alpha value is 0.320. The van der Waals surface area contributed by atoms with Crippen molar-refractivity contribution in [3.63, 3.8) is 0 Å². The van der Waals surface area contributed by atoms with Gasteiger partial charge in [0.15, 0.2) is 0 Å². The summed E-state index contributed by atoms with van der Waals surface area (Å²) in [4.78, 5) is 0. The van der Waals surface area contributed by atoms with Gasteiger partial charge in [-0.15, -0.1) is 11.6 Å². The van der Waals surface area contributed by atoms with Gasteiger partial charge in [-0.3, -0.25) is 0 Å². The monoisotopic (exact) mass is 194 g/mol. The third kappa shape index (κ3) is 8.22. The van der Waals surface area contributed by atoms with Crippen molar-refractivity contribution in [1.82, 2.24) is 0 Å². The van der Waals surface area contributed by atoms with E-state index < -0.39 is 0 Å². The van der Waals surface area contributed by atoms with Gasteiger partial charge in [0.2, 0.25) is 0 Å². The first kappa shape index (κ1) is 11.3. The summed E-state index contributed by atoms with van der Waals surface area (Å²) in [7, 11) is 0. The minimum absolute atomic E-state index is 0.664. The average Bonchev–Trinajstić information content (AvgIpc) is 2.04. The number of hydrogen-bond donors (Lipinski definition) is 0. The van der Waals surface area contributed by atoms with E-state index in [9.17, 15) is 0 Å². The highest BCUT2D eigenvalue weighted by atomic mass is 35.5. The van der Waals surface area contributed by atoms with Crippen molar-refractivity contribution in [2.45, 2.75) is 32.6 Å². The van der Waals surface area contributed by atoms with Crippen LogP contribution in [-0.2, 0) is 0 Å². The lowest BCUT2D eigenvalue weighted by molar-refractivity contribution is 0.545. The zero-order chi connectivity index (χ0) is 8.53. The molecule has 0 aromatic rings. The molecule has 66 valence electrons. The Labute approximate surface area is 79.6 Å². The van der Waals surface area contributed by atoms with Crippen LogP contribution in [-0.4, -0.2) is 5.88 Å². The summed E-state index contributed by atoms with van der Waals surface area (Å²) in [6.07, 6.45) is 6.81. The van der Waals surface area contributed by atoms with Crippen LogP contribution in [0.4, 0.5) is 0 Å². The number of rotatable bonds is 6. The summed E-state index contributed by atoms with van der Waals surface area (Å²) in [5.41, 5.74) is 1.59. The number of alkyl halides is 1. The second kappa shape index (κ2) is 8.42. The lowest BCUT2D eigenvalue weighted by Crippen LogP contribution is -1.94. The molecule has 0 spiro atoms. The standard InChI is InChI=1S/C9H16Cl2/c1-9(8-11)6-4-2-3-5-7-10/h5,7,9H,2-4,6,8H2,1H3. The number of hydrogen-bond acceptors (Lipinski definition) is 0. The van der Waals surface area contributed by atoms with Gasteiger partial charge in [0.05, 0.1) is 0 Å². The molecule has 0 saturated carbocycles. The van der Waals surface area contributed by atoms with Gasteiger partial charge in [0, 0.05) is 11.4 Å². The Morgan fingerprint density at radius 3 is 2.64 bits per heavy atom. The molecule has 0 aliphatic heterocycles. The zero-order valence-corrected chi connectivity index (χ0v) is 8.54. The normalized spacial score (nSPS) is 14.1. The lowest BCUT2D eigenvalue weighted by Gasteiger charge is -2.04. The molecule has 1 atom stereocenters. The van der Waals surface area contributed by atoms with E-state index in [0.717, 1.165) is 12.3 Å². The number of allylic oxidation sites excluding steroid dienone is 1. The molecular weight excluding hydrogens is 179 g/mol. The van der Waals surface area contributed by atoms with E-state index >= 15 is 0 Å². The fraction of sp³-hybridized carbons (Fsp3) is 0.778. The van der Waals surface area contributed by atoms with E-state index in [0.29, 0.717) is 5.92 Å². The van der Waals surface area contributed by atoms with Crippen LogP contribution in [0.25, 0.3) is 0 Å². The third-order valence-corrected chi connectivity index (χ3v) is 2.38. The van der Waals surface area contributed by atoms with Crippen molar-refractivity contribution in [2.24, 2.45) is 5.92 Å². The van der Waals surface area contributed by atoms with Crippen molar-refractivity contribution in [3.8, 4) is 0 Å². The Morgan fingerprint density at radius 2 is 2.09 bits per heavy atom. The molecule has 2 heteroatoms. The van der Waals surface area contributed by atoms with E-state index in [1.807, 2.05) is 6.08 Å². The molecule has 0 N–H and O–H groups in total. The predicted octanol–water partition coefficient (Wildman–Crippen LogP) is 4.17. The van der Waals surface area contributed by atoms with E-state index in [1.54, 1.807) is 5.54 Å². The third-order valence-electron chi connectivity index (χ3n) is 1.67. The smallest absolute Gasteiger partial charge is 0.0249 e. The summed E-state index contributed by atoms with van der Waals surface area (Å²) in [5, 5.41) is 0. The van der Waals surface area contributed by atoms with E-state index in [-0.39, 0.29) is 0 Å². The van der Waals surface area contributed by atoms with Crippen molar-refractivity contribution in [2.75, 3.05) is 5.88 Å². The van der Waals surface area contributed by atoms with Crippen LogP contribution in [0.2, 0.25) is 0 Å². The van der Waals surface area contributed by atoms with Gasteiger partial charge >= 0.3 is 0 Å². The highest BCUT2D eigenvalue weighted by molar-refractivity contribution is 6.25. The maximum atomic E-state index is 5.66. The molecule has 0 fully saturated rings. The molecule has 0 aliphatic rings. The van der Waals surface area contributed by atoms with Crippen LogP contribution in [0.5, 0.6) is 0 Å². The van der Waals surface area contributed by atoms with E-state index in [4.69, 9.17) is 23.2 Å². The minimum Gasteiger partial charge on any atom is -0.126 e. The molecule has 0 heterocycles. The topological polar surface area (TPSA) is 0 Å². The summed E-state index contributed by atoms with van der Waals surface area (Å²) < 4.78 is 0.